The standard InChI is InChI=1S/C10H19NO5/c1-9(2)15-7-6(3-12)14-10(4-11,5-13)8(7)16-9/h6-8,12-13H,3-5,11H2,1-2H3/t6-,7?,8?,10-/m1/s1. The van der Waals surface area contributed by atoms with Gasteiger partial charge in [0.1, 0.15) is 23.9 Å². The van der Waals surface area contributed by atoms with Crippen LogP contribution in [0.5, 0.6) is 0 Å². The maximum atomic E-state index is 9.42. The Bertz CT molecular complexity index is 266. The molecule has 0 aromatic heterocycles. The fourth-order valence-electron chi connectivity index (χ4n) is 2.40. The van der Waals surface area contributed by atoms with Crippen molar-refractivity contribution < 1.29 is 24.4 Å². The lowest BCUT2D eigenvalue weighted by Crippen LogP contribution is -2.52. The Kier molecular flexibility index (Phi) is 2.98. The highest BCUT2D eigenvalue weighted by atomic mass is 16.8. The average Bonchev–Trinajstić information content (AvgIpc) is 2.70. The van der Waals surface area contributed by atoms with Crippen LogP contribution in [0.15, 0.2) is 0 Å². The second-order valence-electron chi connectivity index (χ2n) is 4.79. The van der Waals surface area contributed by atoms with Gasteiger partial charge in [0, 0.05) is 6.54 Å². The van der Waals surface area contributed by atoms with Crippen molar-refractivity contribution in [2.24, 2.45) is 5.73 Å². The lowest BCUT2D eigenvalue weighted by Gasteiger charge is -2.31. The van der Waals surface area contributed by atoms with E-state index in [4.69, 9.17) is 19.9 Å². The van der Waals surface area contributed by atoms with Crippen LogP contribution in [0, 0.1) is 0 Å². The van der Waals surface area contributed by atoms with E-state index in [2.05, 4.69) is 0 Å². The van der Waals surface area contributed by atoms with Gasteiger partial charge in [0.05, 0.1) is 13.2 Å². The van der Waals surface area contributed by atoms with Crippen LogP contribution in [-0.2, 0) is 14.2 Å². The third-order valence-electron chi connectivity index (χ3n) is 3.19. The number of hydrogen-bond donors (Lipinski definition) is 3. The Morgan fingerprint density at radius 3 is 2.38 bits per heavy atom. The molecule has 0 bridgehead atoms. The Hall–Kier alpha value is -0.240. The number of nitrogens with two attached hydrogens (primary N) is 1. The third kappa shape index (κ3) is 1.66. The molecule has 2 heterocycles. The van der Waals surface area contributed by atoms with E-state index in [1.165, 1.54) is 0 Å². The van der Waals surface area contributed by atoms with Crippen LogP contribution >= 0.6 is 0 Å². The minimum Gasteiger partial charge on any atom is -0.394 e. The summed E-state index contributed by atoms with van der Waals surface area (Å²) in [6, 6.07) is 0. The zero-order valence-corrected chi connectivity index (χ0v) is 9.55. The van der Waals surface area contributed by atoms with Crippen molar-refractivity contribution in [3.05, 3.63) is 0 Å². The number of ether oxygens (including phenoxy) is 3. The van der Waals surface area contributed by atoms with Crippen LogP contribution in [-0.4, -0.2) is 59.7 Å². The molecule has 0 aliphatic carbocycles. The quantitative estimate of drug-likeness (QED) is 0.554. The third-order valence-corrected chi connectivity index (χ3v) is 3.19. The molecule has 16 heavy (non-hydrogen) atoms. The van der Waals surface area contributed by atoms with E-state index in [1.807, 2.05) is 0 Å². The SMILES string of the molecule is CC1(C)OC2C(O1)[C@@](CN)(CO)O[C@@H]2CO. The van der Waals surface area contributed by atoms with Crippen molar-refractivity contribution in [3.63, 3.8) is 0 Å². The summed E-state index contributed by atoms with van der Waals surface area (Å²) in [6.45, 7) is 3.28. The molecule has 0 spiro atoms. The number of aliphatic hydroxyl groups excluding tert-OH is 2. The monoisotopic (exact) mass is 233 g/mol. The predicted molar refractivity (Wildman–Crippen MR) is 54.7 cm³/mol. The highest BCUT2D eigenvalue weighted by Gasteiger charge is 2.61. The summed E-state index contributed by atoms with van der Waals surface area (Å²) >= 11 is 0. The first-order chi connectivity index (χ1) is 7.48. The van der Waals surface area contributed by atoms with Crippen LogP contribution in [0.1, 0.15) is 13.8 Å². The highest BCUT2D eigenvalue weighted by Crippen LogP contribution is 2.43. The molecular formula is C10H19NO5. The van der Waals surface area contributed by atoms with E-state index in [0.29, 0.717) is 0 Å². The second-order valence-corrected chi connectivity index (χ2v) is 4.79. The molecule has 94 valence electrons. The lowest BCUT2D eigenvalue weighted by atomic mass is 9.95. The summed E-state index contributed by atoms with van der Waals surface area (Å²) < 4.78 is 16.9. The summed E-state index contributed by atoms with van der Waals surface area (Å²) in [5.74, 6) is -0.734. The summed E-state index contributed by atoms with van der Waals surface area (Å²) in [4.78, 5) is 0. The van der Waals surface area contributed by atoms with E-state index in [-0.39, 0.29) is 25.9 Å². The molecule has 2 saturated heterocycles. The summed E-state index contributed by atoms with van der Waals surface area (Å²) in [5.41, 5.74) is 4.67. The Morgan fingerprint density at radius 1 is 1.19 bits per heavy atom. The summed E-state index contributed by atoms with van der Waals surface area (Å²) in [5, 5.41) is 18.6. The molecule has 6 heteroatoms. The minimum atomic E-state index is -0.966. The summed E-state index contributed by atoms with van der Waals surface area (Å²) in [6.07, 6.45) is -1.31. The molecule has 0 aromatic carbocycles. The fraction of sp³-hybridized carbons (Fsp3) is 1.00. The van der Waals surface area contributed by atoms with Gasteiger partial charge >= 0.3 is 0 Å². The van der Waals surface area contributed by atoms with Gasteiger partial charge in [-0.05, 0) is 13.8 Å². The molecule has 4 atom stereocenters. The van der Waals surface area contributed by atoms with Crippen LogP contribution in [0.3, 0.4) is 0 Å². The van der Waals surface area contributed by atoms with Crippen molar-refractivity contribution in [1.29, 1.82) is 0 Å². The topological polar surface area (TPSA) is 94.2 Å². The molecule has 0 amide bonds. The van der Waals surface area contributed by atoms with Gasteiger partial charge in [0.15, 0.2) is 5.79 Å². The van der Waals surface area contributed by atoms with Gasteiger partial charge in [0.25, 0.3) is 0 Å². The predicted octanol–water partition coefficient (Wildman–Crippen LogP) is -1.41. The van der Waals surface area contributed by atoms with E-state index >= 15 is 0 Å². The first kappa shape index (κ1) is 12.2. The van der Waals surface area contributed by atoms with Gasteiger partial charge in [-0.1, -0.05) is 0 Å². The van der Waals surface area contributed by atoms with Crippen molar-refractivity contribution in [2.45, 2.75) is 43.5 Å². The molecule has 2 aliphatic heterocycles. The number of hydrogen-bond acceptors (Lipinski definition) is 6. The molecule has 0 aromatic rings. The lowest BCUT2D eigenvalue weighted by molar-refractivity contribution is -0.216. The van der Waals surface area contributed by atoms with Crippen molar-refractivity contribution in [3.8, 4) is 0 Å². The van der Waals surface area contributed by atoms with E-state index in [9.17, 15) is 10.2 Å². The second kappa shape index (κ2) is 3.90. The largest absolute Gasteiger partial charge is 0.394 e. The van der Waals surface area contributed by atoms with E-state index < -0.39 is 23.6 Å². The molecule has 2 rings (SSSR count). The van der Waals surface area contributed by atoms with Crippen molar-refractivity contribution in [2.75, 3.05) is 19.8 Å². The molecular weight excluding hydrogens is 214 g/mol. The first-order valence-electron chi connectivity index (χ1n) is 5.43. The fourth-order valence-corrected chi connectivity index (χ4v) is 2.40. The highest BCUT2D eigenvalue weighted by molar-refractivity contribution is 5.07. The Morgan fingerprint density at radius 2 is 1.88 bits per heavy atom. The molecule has 2 fully saturated rings. The zero-order chi connectivity index (χ0) is 12.0. The number of aliphatic hydroxyl groups is 2. The van der Waals surface area contributed by atoms with Gasteiger partial charge in [-0.3, -0.25) is 0 Å². The van der Waals surface area contributed by atoms with E-state index in [0.717, 1.165) is 0 Å². The summed E-state index contributed by atoms with van der Waals surface area (Å²) in [7, 11) is 0. The molecule has 4 N–H and O–H groups in total. The van der Waals surface area contributed by atoms with E-state index in [1.54, 1.807) is 13.8 Å². The Labute approximate surface area is 94.3 Å². The van der Waals surface area contributed by atoms with Gasteiger partial charge in [-0.15, -0.1) is 0 Å². The zero-order valence-electron chi connectivity index (χ0n) is 9.55. The molecule has 0 radical (unpaired) electrons. The maximum Gasteiger partial charge on any atom is 0.164 e. The van der Waals surface area contributed by atoms with Gasteiger partial charge in [-0.25, -0.2) is 0 Å². The molecule has 2 aliphatic rings. The van der Waals surface area contributed by atoms with Crippen molar-refractivity contribution in [1.82, 2.24) is 0 Å². The maximum absolute atomic E-state index is 9.42. The van der Waals surface area contributed by atoms with Gasteiger partial charge < -0.3 is 30.2 Å². The van der Waals surface area contributed by atoms with Crippen LogP contribution < -0.4 is 5.73 Å². The molecule has 2 unspecified atom stereocenters. The van der Waals surface area contributed by atoms with Crippen LogP contribution in [0.4, 0.5) is 0 Å². The molecule has 0 saturated carbocycles. The number of rotatable bonds is 3. The Balaban J connectivity index is 2.26. The smallest absolute Gasteiger partial charge is 0.164 e. The number of fused-ring (bicyclic) bond motifs is 1. The first-order valence-corrected chi connectivity index (χ1v) is 5.43. The van der Waals surface area contributed by atoms with Gasteiger partial charge in [-0.2, -0.15) is 0 Å². The van der Waals surface area contributed by atoms with Gasteiger partial charge in [0.2, 0.25) is 0 Å². The van der Waals surface area contributed by atoms with Crippen LogP contribution in [0.25, 0.3) is 0 Å². The van der Waals surface area contributed by atoms with Crippen LogP contribution in [0.2, 0.25) is 0 Å². The van der Waals surface area contributed by atoms with Crippen molar-refractivity contribution >= 4 is 0 Å². The minimum absolute atomic E-state index is 0.126. The molecule has 6 nitrogen and oxygen atoms in total. The average molecular weight is 233 g/mol. The normalized spacial score (nSPS) is 45.9.